The summed E-state index contributed by atoms with van der Waals surface area (Å²) in [4.78, 5) is 26.4. The largest absolute Gasteiger partial charge is 0.480 e. The Kier molecular flexibility index (Phi) is 4.40. The number of benzene rings is 1. The van der Waals surface area contributed by atoms with Crippen LogP contribution in [0.4, 0.5) is 0 Å². The highest BCUT2D eigenvalue weighted by atomic mass is 16.4. The van der Waals surface area contributed by atoms with Gasteiger partial charge in [0.1, 0.15) is 6.04 Å². The van der Waals surface area contributed by atoms with Crippen LogP contribution in [0.25, 0.3) is 10.9 Å². The second-order valence-electron chi connectivity index (χ2n) is 4.75. The van der Waals surface area contributed by atoms with Gasteiger partial charge in [-0.15, -0.1) is 0 Å². The van der Waals surface area contributed by atoms with Crippen LogP contribution in [0, 0.1) is 0 Å². The van der Waals surface area contributed by atoms with Crippen molar-refractivity contribution in [2.75, 3.05) is 0 Å². The van der Waals surface area contributed by atoms with E-state index in [2.05, 4.69) is 10.3 Å². The summed E-state index contributed by atoms with van der Waals surface area (Å²) in [5, 5.41) is 12.5. The van der Waals surface area contributed by atoms with Crippen LogP contribution in [0.2, 0.25) is 0 Å². The van der Waals surface area contributed by atoms with Crippen LogP contribution < -0.4 is 5.32 Å². The summed E-state index contributed by atoms with van der Waals surface area (Å²) in [5.41, 5.74) is 1.35. The molecule has 20 heavy (non-hydrogen) atoms. The minimum absolute atomic E-state index is 0.348. The molecule has 2 aromatic rings. The molecule has 1 aromatic heterocycles. The second kappa shape index (κ2) is 6.23. The van der Waals surface area contributed by atoms with Gasteiger partial charge in [0, 0.05) is 22.7 Å². The number of hydrogen-bond acceptors (Lipinski definition) is 2. The lowest BCUT2D eigenvalue weighted by Gasteiger charge is -2.14. The first-order valence-corrected chi connectivity index (χ1v) is 6.73. The van der Waals surface area contributed by atoms with Gasteiger partial charge in [-0.3, -0.25) is 4.79 Å². The smallest absolute Gasteiger partial charge is 0.326 e. The lowest BCUT2D eigenvalue weighted by atomic mass is 10.1. The number of aliphatic carboxylic acids is 1. The Morgan fingerprint density at radius 1 is 1.35 bits per heavy atom. The topological polar surface area (TPSA) is 82.2 Å². The molecule has 1 amide bonds. The first-order chi connectivity index (χ1) is 9.63. The third-order valence-corrected chi connectivity index (χ3v) is 3.29. The van der Waals surface area contributed by atoms with Crippen LogP contribution in [-0.2, 0) is 4.79 Å². The highest BCUT2D eigenvalue weighted by Crippen LogP contribution is 2.17. The number of unbranched alkanes of at least 4 members (excludes halogenated alkanes) is 1. The molecule has 2 rings (SSSR count). The molecule has 5 heteroatoms. The van der Waals surface area contributed by atoms with E-state index in [9.17, 15) is 9.59 Å². The Labute approximate surface area is 117 Å². The normalized spacial score (nSPS) is 12.2. The number of carboxylic acids is 1. The lowest BCUT2D eigenvalue weighted by Crippen LogP contribution is -2.40. The molecule has 1 unspecified atom stereocenters. The third kappa shape index (κ3) is 2.99. The van der Waals surface area contributed by atoms with Crippen molar-refractivity contribution in [1.82, 2.24) is 10.3 Å². The standard InChI is InChI=1S/C15H18N2O3/c1-2-3-6-13(15(19)20)17-14(18)11-5-4-7-12-10(11)8-9-16-12/h4-5,7-9,13,16H,2-3,6H2,1H3,(H,17,18)(H,19,20). The number of carbonyl (C=O) groups is 2. The van der Waals surface area contributed by atoms with Gasteiger partial charge in [-0.05, 0) is 24.6 Å². The predicted molar refractivity (Wildman–Crippen MR) is 76.7 cm³/mol. The maximum atomic E-state index is 12.2. The first kappa shape index (κ1) is 14.1. The number of aromatic nitrogens is 1. The van der Waals surface area contributed by atoms with Crippen molar-refractivity contribution >= 4 is 22.8 Å². The number of H-pyrrole nitrogens is 1. The summed E-state index contributed by atoms with van der Waals surface area (Å²) in [6.07, 6.45) is 3.87. The molecule has 3 N–H and O–H groups in total. The number of fused-ring (bicyclic) bond motifs is 1. The highest BCUT2D eigenvalue weighted by molar-refractivity contribution is 6.07. The summed E-state index contributed by atoms with van der Waals surface area (Å²) in [6.45, 7) is 1.99. The molecule has 0 saturated heterocycles. The van der Waals surface area contributed by atoms with Gasteiger partial charge in [-0.2, -0.15) is 0 Å². The molecule has 106 valence electrons. The number of carboxylic acid groups (broad SMARTS) is 1. The number of rotatable bonds is 6. The predicted octanol–water partition coefficient (Wildman–Crippen LogP) is 2.54. The molecule has 0 aliphatic rings. The summed E-state index contributed by atoms with van der Waals surface area (Å²) in [5.74, 6) is -1.34. The Morgan fingerprint density at radius 2 is 2.15 bits per heavy atom. The van der Waals surface area contributed by atoms with Gasteiger partial charge in [0.25, 0.3) is 5.91 Å². The van der Waals surface area contributed by atoms with Crippen molar-refractivity contribution in [3.05, 3.63) is 36.0 Å². The summed E-state index contributed by atoms with van der Waals surface area (Å²) < 4.78 is 0. The van der Waals surface area contributed by atoms with E-state index in [0.29, 0.717) is 12.0 Å². The van der Waals surface area contributed by atoms with Crippen LogP contribution in [0.3, 0.4) is 0 Å². The quantitative estimate of drug-likeness (QED) is 0.757. The molecule has 0 saturated carbocycles. The fourth-order valence-electron chi connectivity index (χ4n) is 2.19. The van der Waals surface area contributed by atoms with E-state index >= 15 is 0 Å². The van der Waals surface area contributed by atoms with Crippen molar-refractivity contribution in [3.8, 4) is 0 Å². The Balaban J connectivity index is 2.18. The van der Waals surface area contributed by atoms with Crippen LogP contribution in [0.1, 0.15) is 36.5 Å². The van der Waals surface area contributed by atoms with E-state index in [0.717, 1.165) is 23.7 Å². The average molecular weight is 274 g/mol. The molecule has 1 atom stereocenters. The minimum atomic E-state index is -0.993. The third-order valence-electron chi connectivity index (χ3n) is 3.29. The molecule has 1 aromatic carbocycles. The Bertz CT molecular complexity index is 618. The van der Waals surface area contributed by atoms with E-state index in [-0.39, 0.29) is 5.91 Å². The van der Waals surface area contributed by atoms with Gasteiger partial charge in [0.05, 0.1) is 0 Å². The molecule has 0 aliphatic carbocycles. The molecule has 0 fully saturated rings. The molecule has 0 aliphatic heterocycles. The van der Waals surface area contributed by atoms with E-state index in [1.54, 1.807) is 18.3 Å². The fourth-order valence-corrected chi connectivity index (χ4v) is 2.19. The number of amides is 1. The zero-order valence-electron chi connectivity index (χ0n) is 11.3. The Hall–Kier alpha value is -2.30. The Morgan fingerprint density at radius 3 is 2.85 bits per heavy atom. The van der Waals surface area contributed by atoms with Crippen molar-refractivity contribution < 1.29 is 14.7 Å². The van der Waals surface area contributed by atoms with Crippen molar-refractivity contribution in [2.24, 2.45) is 0 Å². The monoisotopic (exact) mass is 274 g/mol. The molecule has 0 bridgehead atoms. The van der Waals surface area contributed by atoms with Crippen molar-refractivity contribution in [1.29, 1.82) is 0 Å². The number of hydrogen-bond donors (Lipinski definition) is 3. The van der Waals surface area contributed by atoms with Gasteiger partial charge in [-0.25, -0.2) is 4.79 Å². The lowest BCUT2D eigenvalue weighted by molar-refractivity contribution is -0.139. The summed E-state index contributed by atoms with van der Waals surface area (Å²) in [6, 6.07) is 6.32. The number of carbonyl (C=O) groups excluding carboxylic acids is 1. The van der Waals surface area contributed by atoms with Crippen molar-refractivity contribution in [2.45, 2.75) is 32.2 Å². The summed E-state index contributed by atoms with van der Waals surface area (Å²) in [7, 11) is 0. The zero-order chi connectivity index (χ0) is 14.5. The van der Waals surface area contributed by atoms with Crippen LogP contribution in [0.5, 0.6) is 0 Å². The summed E-state index contributed by atoms with van der Waals surface area (Å²) >= 11 is 0. The van der Waals surface area contributed by atoms with Crippen LogP contribution in [0.15, 0.2) is 30.5 Å². The van der Waals surface area contributed by atoms with Crippen molar-refractivity contribution in [3.63, 3.8) is 0 Å². The van der Waals surface area contributed by atoms with Crippen LogP contribution in [-0.4, -0.2) is 28.0 Å². The van der Waals surface area contributed by atoms with E-state index in [4.69, 9.17) is 5.11 Å². The SMILES string of the molecule is CCCCC(NC(=O)c1cccc2[nH]ccc12)C(=O)O. The minimum Gasteiger partial charge on any atom is -0.480 e. The van der Waals surface area contributed by atoms with Gasteiger partial charge in [-0.1, -0.05) is 25.8 Å². The van der Waals surface area contributed by atoms with E-state index in [1.165, 1.54) is 0 Å². The highest BCUT2D eigenvalue weighted by Gasteiger charge is 2.21. The molecular weight excluding hydrogens is 256 g/mol. The maximum absolute atomic E-state index is 12.2. The fraction of sp³-hybridized carbons (Fsp3) is 0.333. The first-order valence-electron chi connectivity index (χ1n) is 6.73. The van der Waals surface area contributed by atoms with Gasteiger partial charge < -0.3 is 15.4 Å². The average Bonchev–Trinajstić information content (AvgIpc) is 2.90. The maximum Gasteiger partial charge on any atom is 0.326 e. The van der Waals surface area contributed by atoms with Gasteiger partial charge >= 0.3 is 5.97 Å². The number of nitrogens with one attached hydrogen (secondary N) is 2. The van der Waals surface area contributed by atoms with E-state index < -0.39 is 12.0 Å². The number of aromatic amines is 1. The molecule has 0 spiro atoms. The molecule has 5 nitrogen and oxygen atoms in total. The molecule has 1 heterocycles. The van der Waals surface area contributed by atoms with E-state index in [1.807, 2.05) is 19.1 Å². The zero-order valence-corrected chi connectivity index (χ0v) is 11.3. The van der Waals surface area contributed by atoms with Crippen LogP contribution >= 0.6 is 0 Å². The van der Waals surface area contributed by atoms with Gasteiger partial charge in [0.15, 0.2) is 0 Å². The molecule has 0 radical (unpaired) electrons. The van der Waals surface area contributed by atoms with Gasteiger partial charge in [0.2, 0.25) is 0 Å². The second-order valence-corrected chi connectivity index (χ2v) is 4.75. The molecular formula is C15H18N2O3.